The number of aliphatic hydroxyl groups excluding tert-OH is 1. The molecule has 0 aliphatic carbocycles. The Morgan fingerprint density at radius 2 is 1.29 bits per heavy atom. The van der Waals surface area contributed by atoms with Gasteiger partial charge >= 0.3 is 0 Å². The molecule has 2 atom stereocenters. The fourth-order valence-electron chi connectivity index (χ4n) is 2.57. The molecule has 0 heterocycles. The Labute approximate surface area is 131 Å². The van der Waals surface area contributed by atoms with E-state index in [1.54, 1.807) is 0 Å². The van der Waals surface area contributed by atoms with Crippen LogP contribution in [0.4, 0.5) is 0 Å². The molecular weight excluding hydrogens is 288 g/mol. The number of unbranched alkanes of at least 4 members (excludes halogenated alkanes) is 6. The second-order valence-corrected chi connectivity index (χ2v) is 7.76. The van der Waals surface area contributed by atoms with E-state index in [0.29, 0.717) is 19.3 Å². The first-order chi connectivity index (χ1) is 9.91. The van der Waals surface area contributed by atoms with Gasteiger partial charge in [-0.1, -0.05) is 65.2 Å². The van der Waals surface area contributed by atoms with Crippen LogP contribution in [0.15, 0.2) is 0 Å². The molecule has 0 saturated carbocycles. The molecule has 0 amide bonds. The van der Waals surface area contributed by atoms with Gasteiger partial charge in [-0.3, -0.25) is 4.55 Å². The van der Waals surface area contributed by atoms with E-state index in [-0.39, 0.29) is 0 Å². The first kappa shape index (κ1) is 20.9. The van der Waals surface area contributed by atoms with Crippen molar-refractivity contribution >= 4 is 10.1 Å². The van der Waals surface area contributed by atoms with E-state index in [1.807, 2.05) is 0 Å². The van der Waals surface area contributed by atoms with Crippen LogP contribution in [0.5, 0.6) is 0 Å². The highest BCUT2D eigenvalue weighted by atomic mass is 32.2. The Kier molecular flexibility index (Phi) is 12.3. The Morgan fingerprint density at radius 3 is 1.86 bits per heavy atom. The van der Waals surface area contributed by atoms with Crippen molar-refractivity contribution in [2.75, 3.05) is 0 Å². The lowest BCUT2D eigenvalue weighted by molar-refractivity contribution is 0.147. The number of hydrogen-bond donors (Lipinski definition) is 2. The van der Waals surface area contributed by atoms with E-state index in [4.69, 9.17) is 0 Å². The van der Waals surface area contributed by atoms with Crippen LogP contribution in [-0.2, 0) is 10.1 Å². The summed E-state index contributed by atoms with van der Waals surface area (Å²) in [4.78, 5) is 0. The molecule has 0 spiro atoms. The average molecular weight is 323 g/mol. The molecule has 128 valence electrons. The zero-order valence-corrected chi connectivity index (χ0v) is 14.6. The molecule has 0 aromatic carbocycles. The predicted molar refractivity (Wildman–Crippen MR) is 88.1 cm³/mol. The summed E-state index contributed by atoms with van der Waals surface area (Å²) in [5.41, 5.74) is 0. The molecule has 0 aliphatic heterocycles. The molecule has 2 N–H and O–H groups in total. The van der Waals surface area contributed by atoms with Gasteiger partial charge in [-0.2, -0.15) is 8.42 Å². The summed E-state index contributed by atoms with van der Waals surface area (Å²) in [6.07, 6.45) is 10.2. The maximum atomic E-state index is 11.3. The van der Waals surface area contributed by atoms with E-state index in [0.717, 1.165) is 38.5 Å². The SMILES string of the molecule is CCCCCCCC(O)CCC(CCCCC)S(=O)(=O)O. The Bertz CT molecular complexity index is 327. The monoisotopic (exact) mass is 322 g/mol. The summed E-state index contributed by atoms with van der Waals surface area (Å²) in [6.45, 7) is 4.23. The standard InChI is InChI=1S/C16H34O4S/c1-3-5-7-8-10-11-15(17)13-14-16(21(18,19)20)12-9-6-4-2/h15-17H,3-14H2,1-2H3,(H,18,19,20). The minimum Gasteiger partial charge on any atom is -0.393 e. The normalized spacial score (nSPS) is 15.0. The Balaban J connectivity index is 3.94. The number of rotatable bonds is 14. The van der Waals surface area contributed by atoms with Crippen molar-refractivity contribution < 1.29 is 18.1 Å². The summed E-state index contributed by atoms with van der Waals surface area (Å²) >= 11 is 0. The van der Waals surface area contributed by atoms with E-state index >= 15 is 0 Å². The van der Waals surface area contributed by atoms with Crippen LogP contribution >= 0.6 is 0 Å². The largest absolute Gasteiger partial charge is 0.393 e. The Hall–Kier alpha value is -0.130. The molecule has 0 aliphatic rings. The topological polar surface area (TPSA) is 74.6 Å². The predicted octanol–water partition coefficient (Wildman–Crippen LogP) is 4.32. The van der Waals surface area contributed by atoms with Gasteiger partial charge < -0.3 is 5.11 Å². The van der Waals surface area contributed by atoms with Crippen LogP contribution in [0.25, 0.3) is 0 Å². The lowest BCUT2D eigenvalue weighted by Crippen LogP contribution is -2.22. The van der Waals surface area contributed by atoms with Crippen LogP contribution in [0, 0.1) is 0 Å². The van der Waals surface area contributed by atoms with Gasteiger partial charge in [0.1, 0.15) is 0 Å². The summed E-state index contributed by atoms with van der Waals surface area (Å²) < 4.78 is 31.9. The van der Waals surface area contributed by atoms with Gasteiger partial charge in [-0.15, -0.1) is 0 Å². The van der Waals surface area contributed by atoms with E-state index in [9.17, 15) is 18.1 Å². The molecule has 0 aromatic heterocycles. The van der Waals surface area contributed by atoms with Gasteiger partial charge in [-0.25, -0.2) is 0 Å². The van der Waals surface area contributed by atoms with Gasteiger partial charge in [0.25, 0.3) is 10.1 Å². The van der Waals surface area contributed by atoms with Crippen LogP contribution < -0.4 is 0 Å². The summed E-state index contributed by atoms with van der Waals surface area (Å²) in [7, 11) is -3.98. The molecule has 5 heteroatoms. The van der Waals surface area contributed by atoms with Crippen molar-refractivity contribution in [2.45, 2.75) is 102 Å². The maximum Gasteiger partial charge on any atom is 0.267 e. The van der Waals surface area contributed by atoms with Crippen LogP contribution in [-0.4, -0.2) is 29.4 Å². The fourth-order valence-corrected chi connectivity index (χ4v) is 3.47. The van der Waals surface area contributed by atoms with Crippen LogP contribution in [0.2, 0.25) is 0 Å². The molecule has 2 unspecified atom stereocenters. The second kappa shape index (κ2) is 12.4. The summed E-state index contributed by atoms with van der Waals surface area (Å²) in [5.74, 6) is 0. The van der Waals surface area contributed by atoms with Crippen molar-refractivity contribution in [3.63, 3.8) is 0 Å². The molecule has 0 bridgehead atoms. The van der Waals surface area contributed by atoms with Crippen molar-refractivity contribution in [3.05, 3.63) is 0 Å². The third-order valence-electron chi connectivity index (χ3n) is 4.01. The molecule has 0 rings (SSSR count). The zero-order valence-electron chi connectivity index (χ0n) is 13.8. The third kappa shape index (κ3) is 12.1. The summed E-state index contributed by atoms with van der Waals surface area (Å²) in [6, 6.07) is 0. The Morgan fingerprint density at radius 1 is 0.762 bits per heavy atom. The summed E-state index contributed by atoms with van der Waals surface area (Å²) in [5, 5.41) is 9.21. The molecule has 0 radical (unpaired) electrons. The third-order valence-corrected chi connectivity index (χ3v) is 5.33. The number of hydrogen-bond acceptors (Lipinski definition) is 3. The molecular formula is C16H34O4S. The molecule has 21 heavy (non-hydrogen) atoms. The highest BCUT2D eigenvalue weighted by molar-refractivity contribution is 7.86. The first-order valence-corrected chi connectivity index (χ1v) is 10.1. The second-order valence-electron chi connectivity index (χ2n) is 6.07. The van der Waals surface area contributed by atoms with Crippen molar-refractivity contribution in [1.82, 2.24) is 0 Å². The van der Waals surface area contributed by atoms with Gasteiger partial charge in [-0.05, 0) is 25.7 Å². The highest BCUT2D eigenvalue weighted by Crippen LogP contribution is 2.19. The molecule has 4 nitrogen and oxygen atoms in total. The highest BCUT2D eigenvalue weighted by Gasteiger charge is 2.23. The molecule has 0 fully saturated rings. The maximum absolute atomic E-state index is 11.3. The van der Waals surface area contributed by atoms with Crippen molar-refractivity contribution in [3.8, 4) is 0 Å². The zero-order chi connectivity index (χ0) is 16.1. The van der Waals surface area contributed by atoms with Crippen molar-refractivity contribution in [1.29, 1.82) is 0 Å². The smallest absolute Gasteiger partial charge is 0.267 e. The number of aliphatic hydroxyl groups is 1. The molecule has 0 saturated heterocycles. The van der Waals surface area contributed by atoms with Crippen LogP contribution in [0.1, 0.15) is 90.9 Å². The van der Waals surface area contributed by atoms with Crippen molar-refractivity contribution in [2.24, 2.45) is 0 Å². The van der Waals surface area contributed by atoms with Crippen LogP contribution in [0.3, 0.4) is 0 Å². The lowest BCUT2D eigenvalue weighted by Gasteiger charge is -2.16. The lowest BCUT2D eigenvalue weighted by atomic mass is 10.0. The first-order valence-electron chi connectivity index (χ1n) is 8.56. The average Bonchev–Trinajstić information content (AvgIpc) is 2.41. The van der Waals surface area contributed by atoms with E-state index in [2.05, 4.69) is 13.8 Å². The minimum absolute atomic E-state index is 0.360. The van der Waals surface area contributed by atoms with Gasteiger partial charge in [0, 0.05) is 0 Å². The van der Waals surface area contributed by atoms with E-state index < -0.39 is 21.5 Å². The van der Waals surface area contributed by atoms with Gasteiger partial charge in [0.05, 0.1) is 11.4 Å². The fraction of sp³-hybridized carbons (Fsp3) is 1.00. The molecule has 0 aromatic rings. The van der Waals surface area contributed by atoms with Gasteiger partial charge in [0.2, 0.25) is 0 Å². The quantitative estimate of drug-likeness (QED) is 0.369. The minimum atomic E-state index is -3.98. The van der Waals surface area contributed by atoms with E-state index in [1.165, 1.54) is 19.3 Å². The van der Waals surface area contributed by atoms with Gasteiger partial charge in [0.15, 0.2) is 0 Å².